The van der Waals surface area contributed by atoms with E-state index >= 15 is 0 Å². The maximum Gasteiger partial charge on any atom is 0.441 e. The molecular weight excluding hydrogens is 306 g/mol. The summed E-state index contributed by atoms with van der Waals surface area (Å²) in [6, 6.07) is 5.59. The number of nitrogens with zero attached hydrogens (tertiary/aromatic N) is 3. The highest BCUT2D eigenvalue weighted by molar-refractivity contribution is 6.35. The summed E-state index contributed by atoms with van der Waals surface area (Å²) in [5.41, 5.74) is 5.79. The SMILES string of the molecule is Nc1nc(-[n+]2ccccc2)nc(N/C=C/C=C/C=O)c1Cl.[OH-]. The lowest BCUT2D eigenvalue weighted by Crippen LogP contribution is -2.32. The lowest BCUT2D eigenvalue weighted by Gasteiger charge is -2.01. The third-order valence-corrected chi connectivity index (χ3v) is 2.80. The Kier molecular flexibility index (Phi) is 6.68. The van der Waals surface area contributed by atoms with Crippen molar-refractivity contribution in [3.63, 3.8) is 0 Å². The topological polar surface area (TPSA) is 115 Å². The van der Waals surface area contributed by atoms with Gasteiger partial charge in [0.2, 0.25) is 11.6 Å². The highest BCUT2D eigenvalue weighted by Gasteiger charge is 2.19. The number of aldehydes is 1. The monoisotopic (exact) mass is 319 g/mol. The molecule has 0 unspecified atom stereocenters. The molecule has 0 saturated heterocycles. The Balaban J connectivity index is 0.00000242. The molecule has 0 bridgehead atoms. The molecule has 0 saturated carbocycles. The summed E-state index contributed by atoms with van der Waals surface area (Å²) < 4.78 is 1.72. The van der Waals surface area contributed by atoms with E-state index in [-0.39, 0.29) is 16.3 Å². The van der Waals surface area contributed by atoms with Crippen LogP contribution in [0.1, 0.15) is 0 Å². The van der Waals surface area contributed by atoms with Gasteiger partial charge in [0.25, 0.3) is 0 Å². The zero-order valence-corrected chi connectivity index (χ0v) is 12.2. The van der Waals surface area contributed by atoms with Crippen LogP contribution >= 0.6 is 11.6 Å². The molecule has 0 radical (unpaired) electrons. The van der Waals surface area contributed by atoms with Crippen LogP contribution in [-0.4, -0.2) is 21.7 Å². The van der Waals surface area contributed by atoms with Crippen LogP contribution in [-0.2, 0) is 4.79 Å². The number of nitrogen functional groups attached to an aromatic ring is 1. The van der Waals surface area contributed by atoms with E-state index in [0.29, 0.717) is 18.1 Å². The van der Waals surface area contributed by atoms with E-state index in [1.165, 1.54) is 6.08 Å². The molecule has 2 heterocycles. The lowest BCUT2D eigenvalue weighted by atomic mass is 10.4. The van der Waals surface area contributed by atoms with Gasteiger partial charge >= 0.3 is 5.95 Å². The fourth-order valence-electron chi connectivity index (χ4n) is 1.49. The van der Waals surface area contributed by atoms with Gasteiger partial charge in [-0.3, -0.25) is 4.79 Å². The van der Waals surface area contributed by atoms with Crippen LogP contribution in [0, 0.1) is 0 Å². The molecular formula is C14H14ClN5O2. The van der Waals surface area contributed by atoms with Gasteiger partial charge in [-0.2, -0.15) is 0 Å². The minimum Gasteiger partial charge on any atom is -0.870 e. The number of aromatic nitrogens is 3. The van der Waals surface area contributed by atoms with E-state index in [4.69, 9.17) is 17.3 Å². The summed E-state index contributed by atoms with van der Waals surface area (Å²) in [6.07, 6.45) is 10.4. The second-order valence-electron chi connectivity index (χ2n) is 3.88. The molecule has 2 rings (SSSR count). The molecule has 0 atom stereocenters. The first kappa shape index (κ1) is 17.3. The van der Waals surface area contributed by atoms with Crippen molar-refractivity contribution in [1.29, 1.82) is 0 Å². The van der Waals surface area contributed by atoms with Crippen LogP contribution < -0.4 is 15.6 Å². The summed E-state index contributed by atoms with van der Waals surface area (Å²) in [7, 11) is 0. The number of nitrogens with one attached hydrogen (secondary N) is 1. The van der Waals surface area contributed by atoms with Crippen molar-refractivity contribution in [2.24, 2.45) is 0 Å². The van der Waals surface area contributed by atoms with Gasteiger partial charge in [0.1, 0.15) is 6.29 Å². The van der Waals surface area contributed by atoms with E-state index in [1.54, 1.807) is 35.3 Å². The normalized spacial score (nSPS) is 10.6. The predicted octanol–water partition coefficient (Wildman–Crippen LogP) is 1.49. The highest BCUT2D eigenvalue weighted by Crippen LogP contribution is 2.24. The number of nitrogens with two attached hydrogens (primary N) is 1. The van der Waals surface area contributed by atoms with Crippen LogP contribution in [0.5, 0.6) is 0 Å². The molecule has 8 heteroatoms. The largest absolute Gasteiger partial charge is 0.870 e. The van der Waals surface area contributed by atoms with Gasteiger partial charge in [-0.25, -0.2) is 4.57 Å². The summed E-state index contributed by atoms with van der Waals surface area (Å²) >= 11 is 6.06. The van der Waals surface area contributed by atoms with Gasteiger partial charge in [-0.15, -0.1) is 0 Å². The maximum atomic E-state index is 10.1. The Morgan fingerprint density at radius 3 is 2.55 bits per heavy atom. The summed E-state index contributed by atoms with van der Waals surface area (Å²) in [5, 5.41) is 3.13. The minimum atomic E-state index is 0. The maximum absolute atomic E-state index is 10.1. The number of carbonyl (C=O) groups is 1. The third-order valence-electron chi connectivity index (χ3n) is 2.43. The lowest BCUT2D eigenvalue weighted by molar-refractivity contribution is -0.603. The van der Waals surface area contributed by atoms with Crippen LogP contribution in [0.15, 0.2) is 55.0 Å². The van der Waals surface area contributed by atoms with Crippen LogP contribution in [0.25, 0.3) is 5.95 Å². The molecule has 0 aliphatic carbocycles. The average molecular weight is 320 g/mol. The zero-order valence-electron chi connectivity index (χ0n) is 11.4. The summed E-state index contributed by atoms with van der Waals surface area (Å²) in [6.45, 7) is 0. The van der Waals surface area contributed by atoms with Gasteiger partial charge in [-0.05, 0) is 34.3 Å². The molecule has 114 valence electrons. The number of anilines is 2. The fraction of sp³-hybridized carbons (Fsp3) is 0. The minimum absolute atomic E-state index is 0. The Morgan fingerprint density at radius 1 is 1.14 bits per heavy atom. The smallest absolute Gasteiger partial charge is 0.441 e. The van der Waals surface area contributed by atoms with Gasteiger partial charge in [-0.1, -0.05) is 23.7 Å². The number of hydrogen-bond acceptors (Lipinski definition) is 6. The van der Waals surface area contributed by atoms with Crippen LogP contribution in [0.3, 0.4) is 0 Å². The van der Waals surface area contributed by atoms with Crippen molar-refractivity contribution in [3.05, 3.63) is 60.0 Å². The number of halogens is 1. The van der Waals surface area contributed by atoms with Crippen molar-refractivity contribution in [2.45, 2.75) is 0 Å². The molecule has 22 heavy (non-hydrogen) atoms. The first-order chi connectivity index (χ1) is 10.2. The second-order valence-corrected chi connectivity index (χ2v) is 4.26. The number of carbonyl (C=O) groups excluding carboxylic acids is 1. The standard InChI is InChI=1S/C14H12ClN5O.H2O/c15-11-12(16)18-14(20-8-4-2-5-9-20)19-13(11)17-7-3-1-6-10-21;/h1-10H,(H2-,16,17,18,19,21);1H2. The number of rotatable bonds is 5. The molecule has 7 nitrogen and oxygen atoms in total. The van der Waals surface area contributed by atoms with E-state index in [2.05, 4.69) is 15.3 Å². The van der Waals surface area contributed by atoms with E-state index < -0.39 is 0 Å². The Hall–Kier alpha value is -2.77. The van der Waals surface area contributed by atoms with Gasteiger partial charge in [0.15, 0.2) is 5.02 Å². The summed E-state index contributed by atoms with van der Waals surface area (Å²) in [5.74, 6) is 0.959. The van der Waals surface area contributed by atoms with Crippen molar-refractivity contribution < 1.29 is 14.8 Å². The van der Waals surface area contributed by atoms with Crippen molar-refractivity contribution >= 4 is 29.5 Å². The van der Waals surface area contributed by atoms with E-state index in [1.807, 2.05) is 18.2 Å². The Morgan fingerprint density at radius 2 is 1.86 bits per heavy atom. The first-order valence-corrected chi connectivity index (χ1v) is 6.43. The van der Waals surface area contributed by atoms with Gasteiger partial charge < -0.3 is 16.5 Å². The Bertz CT molecular complexity index is 689. The molecule has 0 aromatic carbocycles. The molecule has 0 aliphatic heterocycles. The molecule has 2 aromatic heterocycles. The molecule has 0 aliphatic rings. The molecule has 4 N–H and O–H groups in total. The first-order valence-electron chi connectivity index (χ1n) is 6.05. The molecule has 0 spiro atoms. The van der Waals surface area contributed by atoms with Gasteiger partial charge in [0, 0.05) is 6.20 Å². The molecule has 2 aromatic rings. The average Bonchev–Trinajstić information content (AvgIpc) is 2.51. The zero-order chi connectivity index (χ0) is 15.1. The third kappa shape index (κ3) is 4.37. The fourth-order valence-corrected chi connectivity index (χ4v) is 1.63. The predicted molar refractivity (Wildman–Crippen MR) is 82.9 cm³/mol. The number of allylic oxidation sites excluding steroid dienone is 3. The van der Waals surface area contributed by atoms with Gasteiger partial charge in [0.05, 0.1) is 12.4 Å². The molecule has 0 amide bonds. The van der Waals surface area contributed by atoms with E-state index in [9.17, 15) is 4.79 Å². The Labute approximate surface area is 132 Å². The number of hydrogen-bond donors (Lipinski definition) is 2. The quantitative estimate of drug-likeness (QED) is 0.373. The highest BCUT2D eigenvalue weighted by atomic mass is 35.5. The van der Waals surface area contributed by atoms with E-state index in [0.717, 1.165) is 0 Å². The summed E-state index contributed by atoms with van der Waals surface area (Å²) in [4.78, 5) is 18.6. The van der Waals surface area contributed by atoms with Crippen molar-refractivity contribution in [3.8, 4) is 5.95 Å². The second kappa shape index (κ2) is 8.50. The van der Waals surface area contributed by atoms with Crippen molar-refractivity contribution in [2.75, 3.05) is 11.1 Å². The number of pyridine rings is 1. The van der Waals surface area contributed by atoms with Crippen LogP contribution in [0.2, 0.25) is 5.02 Å². The van der Waals surface area contributed by atoms with Crippen molar-refractivity contribution in [1.82, 2.24) is 9.97 Å². The molecule has 0 fully saturated rings. The van der Waals surface area contributed by atoms with Crippen LogP contribution in [0.4, 0.5) is 11.6 Å².